The van der Waals surface area contributed by atoms with E-state index in [1.165, 1.54) is 38.5 Å². The lowest BCUT2D eigenvalue weighted by Crippen LogP contribution is -2.01. The lowest BCUT2D eigenvalue weighted by atomic mass is 9.91. The van der Waals surface area contributed by atoms with Crippen molar-refractivity contribution in [1.29, 1.82) is 0 Å². The van der Waals surface area contributed by atoms with E-state index in [0.29, 0.717) is 0 Å². The van der Waals surface area contributed by atoms with Gasteiger partial charge >= 0.3 is 0 Å². The molecule has 0 aliphatic heterocycles. The summed E-state index contributed by atoms with van der Waals surface area (Å²) >= 11 is 0. The molecule has 1 heteroatoms. The molecule has 0 saturated heterocycles. The van der Waals surface area contributed by atoms with Crippen molar-refractivity contribution in [1.82, 2.24) is 0 Å². The van der Waals surface area contributed by atoms with Gasteiger partial charge in [0.25, 0.3) is 0 Å². The summed E-state index contributed by atoms with van der Waals surface area (Å²) in [5.74, 6) is 0.871. The second-order valence-electron chi connectivity index (χ2n) is 3.61. The minimum atomic E-state index is 0.871. The number of unbranched alkanes of at least 4 members (excludes halogenated alkanes) is 1. The second kappa shape index (κ2) is 6.24. The first kappa shape index (κ1) is 9.79. The minimum Gasteiger partial charge on any atom is -0.385 e. The summed E-state index contributed by atoms with van der Waals surface area (Å²) in [6, 6.07) is 0. The summed E-state index contributed by atoms with van der Waals surface area (Å²) in [6.45, 7) is 0.927. The van der Waals surface area contributed by atoms with E-state index in [0.717, 1.165) is 12.5 Å². The van der Waals surface area contributed by atoms with Crippen LogP contribution in [0.25, 0.3) is 0 Å². The summed E-state index contributed by atoms with van der Waals surface area (Å²) in [5.41, 5.74) is 0. The molecular weight excluding hydrogens is 148 g/mol. The van der Waals surface area contributed by atoms with Crippen LogP contribution in [0.2, 0.25) is 0 Å². The van der Waals surface area contributed by atoms with Gasteiger partial charge in [-0.25, -0.2) is 0 Å². The van der Waals surface area contributed by atoms with E-state index in [4.69, 9.17) is 4.74 Å². The van der Waals surface area contributed by atoms with Gasteiger partial charge in [-0.1, -0.05) is 18.6 Å². The molecule has 0 aromatic heterocycles. The highest BCUT2D eigenvalue weighted by Gasteiger charge is 2.06. The van der Waals surface area contributed by atoms with Crippen LogP contribution >= 0.6 is 0 Å². The van der Waals surface area contributed by atoms with Crippen molar-refractivity contribution < 1.29 is 4.74 Å². The zero-order valence-electron chi connectivity index (χ0n) is 8.09. The molecule has 1 nitrogen and oxygen atoms in total. The molecule has 0 amide bonds. The number of allylic oxidation sites excluding steroid dienone is 2. The van der Waals surface area contributed by atoms with Crippen molar-refractivity contribution in [3.8, 4) is 0 Å². The lowest BCUT2D eigenvalue weighted by Gasteiger charge is -2.15. The summed E-state index contributed by atoms with van der Waals surface area (Å²) < 4.78 is 5.01. The molecule has 1 aliphatic rings. The smallest absolute Gasteiger partial charge is 0.0462 e. The largest absolute Gasteiger partial charge is 0.385 e. The maximum Gasteiger partial charge on any atom is 0.0462 e. The first-order valence-corrected chi connectivity index (χ1v) is 5.09. The quantitative estimate of drug-likeness (QED) is 0.452. The number of hydrogen-bond donors (Lipinski definition) is 0. The minimum absolute atomic E-state index is 0.871. The van der Waals surface area contributed by atoms with Crippen LogP contribution < -0.4 is 0 Å². The standard InChI is InChI=1S/C11H20O/c1-12-10-6-5-9-11-7-3-2-4-8-11/h3,7,11H,2,4-6,8-10H2,1H3/t11-/m1/s1. The molecule has 0 heterocycles. The third-order valence-electron chi connectivity index (χ3n) is 2.53. The highest BCUT2D eigenvalue weighted by Crippen LogP contribution is 2.21. The Morgan fingerprint density at radius 1 is 1.42 bits per heavy atom. The predicted octanol–water partition coefficient (Wildman–Crippen LogP) is 3.16. The molecule has 0 radical (unpaired) electrons. The van der Waals surface area contributed by atoms with E-state index < -0.39 is 0 Å². The number of ether oxygens (including phenoxy) is 1. The lowest BCUT2D eigenvalue weighted by molar-refractivity contribution is 0.190. The molecule has 1 rings (SSSR count). The van der Waals surface area contributed by atoms with Gasteiger partial charge in [0.2, 0.25) is 0 Å². The van der Waals surface area contributed by atoms with E-state index in [1.54, 1.807) is 7.11 Å². The van der Waals surface area contributed by atoms with Gasteiger partial charge < -0.3 is 4.74 Å². The van der Waals surface area contributed by atoms with Crippen LogP contribution in [0, 0.1) is 5.92 Å². The molecule has 0 spiro atoms. The van der Waals surface area contributed by atoms with Gasteiger partial charge in [0.1, 0.15) is 0 Å². The van der Waals surface area contributed by atoms with Gasteiger partial charge in [-0.15, -0.1) is 0 Å². The van der Waals surface area contributed by atoms with Crippen LogP contribution in [0.5, 0.6) is 0 Å². The maximum absolute atomic E-state index is 5.01. The predicted molar refractivity (Wildman–Crippen MR) is 52.2 cm³/mol. The van der Waals surface area contributed by atoms with Gasteiger partial charge in [-0.05, 0) is 38.0 Å². The van der Waals surface area contributed by atoms with Gasteiger partial charge in [-0.2, -0.15) is 0 Å². The SMILES string of the molecule is COCCCC[C@@H]1C=CCCC1. The van der Waals surface area contributed by atoms with Crippen molar-refractivity contribution in [2.45, 2.75) is 38.5 Å². The van der Waals surface area contributed by atoms with Crippen molar-refractivity contribution in [2.75, 3.05) is 13.7 Å². The van der Waals surface area contributed by atoms with E-state index in [-0.39, 0.29) is 0 Å². The third kappa shape index (κ3) is 3.91. The van der Waals surface area contributed by atoms with Crippen LogP contribution in [0.15, 0.2) is 12.2 Å². The van der Waals surface area contributed by atoms with Gasteiger partial charge in [0.05, 0.1) is 0 Å². The average Bonchev–Trinajstić information content (AvgIpc) is 2.14. The zero-order chi connectivity index (χ0) is 8.65. The molecule has 0 aromatic carbocycles. The molecule has 70 valence electrons. The number of methoxy groups -OCH3 is 1. The summed E-state index contributed by atoms with van der Waals surface area (Å²) in [4.78, 5) is 0. The Labute approximate surface area is 75.8 Å². The van der Waals surface area contributed by atoms with Crippen molar-refractivity contribution in [3.05, 3.63) is 12.2 Å². The van der Waals surface area contributed by atoms with E-state index >= 15 is 0 Å². The first-order valence-electron chi connectivity index (χ1n) is 5.09. The first-order chi connectivity index (χ1) is 5.93. The fourth-order valence-electron chi connectivity index (χ4n) is 1.78. The van der Waals surface area contributed by atoms with Crippen molar-refractivity contribution in [2.24, 2.45) is 5.92 Å². The summed E-state index contributed by atoms with van der Waals surface area (Å²) in [7, 11) is 1.78. The van der Waals surface area contributed by atoms with E-state index in [9.17, 15) is 0 Å². The van der Waals surface area contributed by atoms with Crippen LogP contribution in [0.4, 0.5) is 0 Å². The fraction of sp³-hybridized carbons (Fsp3) is 0.818. The number of hydrogen-bond acceptors (Lipinski definition) is 1. The zero-order valence-corrected chi connectivity index (χ0v) is 8.09. The van der Waals surface area contributed by atoms with Crippen molar-refractivity contribution >= 4 is 0 Å². The Morgan fingerprint density at radius 3 is 3.00 bits per heavy atom. The molecule has 0 N–H and O–H groups in total. The Bertz CT molecular complexity index is 129. The monoisotopic (exact) mass is 168 g/mol. The molecular formula is C11H20O. The topological polar surface area (TPSA) is 9.23 Å². The fourth-order valence-corrected chi connectivity index (χ4v) is 1.78. The summed E-state index contributed by atoms with van der Waals surface area (Å²) in [6.07, 6.45) is 12.7. The van der Waals surface area contributed by atoms with Crippen molar-refractivity contribution in [3.63, 3.8) is 0 Å². The normalized spacial score (nSPS) is 22.9. The number of rotatable bonds is 5. The Kier molecular flexibility index (Phi) is 5.09. The Balaban J connectivity index is 1.98. The Morgan fingerprint density at radius 2 is 2.33 bits per heavy atom. The van der Waals surface area contributed by atoms with Gasteiger partial charge in [0, 0.05) is 13.7 Å². The molecule has 1 aliphatic carbocycles. The van der Waals surface area contributed by atoms with Gasteiger partial charge in [-0.3, -0.25) is 0 Å². The molecule has 0 aromatic rings. The highest BCUT2D eigenvalue weighted by molar-refractivity contribution is 4.92. The maximum atomic E-state index is 5.01. The van der Waals surface area contributed by atoms with E-state index in [1.807, 2.05) is 0 Å². The molecule has 0 fully saturated rings. The second-order valence-corrected chi connectivity index (χ2v) is 3.61. The molecule has 1 atom stereocenters. The van der Waals surface area contributed by atoms with Crippen LogP contribution in [-0.2, 0) is 4.74 Å². The summed E-state index contributed by atoms with van der Waals surface area (Å²) in [5, 5.41) is 0. The van der Waals surface area contributed by atoms with E-state index in [2.05, 4.69) is 12.2 Å². The molecule has 0 unspecified atom stereocenters. The third-order valence-corrected chi connectivity index (χ3v) is 2.53. The molecule has 0 bridgehead atoms. The molecule has 0 saturated carbocycles. The molecule has 12 heavy (non-hydrogen) atoms. The highest BCUT2D eigenvalue weighted by atomic mass is 16.5. The average molecular weight is 168 g/mol. The van der Waals surface area contributed by atoms with Crippen LogP contribution in [-0.4, -0.2) is 13.7 Å². The van der Waals surface area contributed by atoms with Crippen LogP contribution in [0.1, 0.15) is 38.5 Å². The Hall–Kier alpha value is -0.300. The van der Waals surface area contributed by atoms with Crippen LogP contribution in [0.3, 0.4) is 0 Å². The van der Waals surface area contributed by atoms with Gasteiger partial charge in [0.15, 0.2) is 0 Å².